The molecule has 3 aliphatic rings. The van der Waals surface area contributed by atoms with Crippen molar-refractivity contribution in [3.8, 4) is 0 Å². The predicted molar refractivity (Wildman–Crippen MR) is 136 cm³/mol. The van der Waals surface area contributed by atoms with Crippen molar-refractivity contribution in [1.29, 1.82) is 0 Å². The number of aromatic nitrogens is 4. The van der Waals surface area contributed by atoms with Crippen LogP contribution in [-0.2, 0) is 9.59 Å². The number of carbonyl (C=O) groups excluding carboxylic acids is 2. The van der Waals surface area contributed by atoms with Crippen LogP contribution in [0.3, 0.4) is 0 Å². The largest absolute Gasteiger partial charge is 0.317 e. The van der Waals surface area contributed by atoms with Crippen molar-refractivity contribution in [2.75, 3.05) is 4.90 Å². The van der Waals surface area contributed by atoms with Gasteiger partial charge in [-0.3, -0.25) is 9.59 Å². The lowest BCUT2D eigenvalue weighted by atomic mass is 9.70. The average molecular weight is 494 g/mol. The molecular formula is C29H24FN5O2. The summed E-state index contributed by atoms with van der Waals surface area (Å²) in [6.07, 6.45) is 3.73. The van der Waals surface area contributed by atoms with Gasteiger partial charge in [-0.1, -0.05) is 11.6 Å². The van der Waals surface area contributed by atoms with Gasteiger partial charge in [0.1, 0.15) is 5.82 Å². The number of halogens is 1. The second kappa shape index (κ2) is 8.16. The van der Waals surface area contributed by atoms with Gasteiger partial charge in [-0.05, 0) is 85.5 Å². The van der Waals surface area contributed by atoms with E-state index in [0.29, 0.717) is 42.5 Å². The van der Waals surface area contributed by atoms with Crippen LogP contribution in [0.5, 0.6) is 0 Å². The molecule has 7 rings (SSSR count). The van der Waals surface area contributed by atoms with Crippen molar-refractivity contribution in [1.82, 2.24) is 20.0 Å². The Morgan fingerprint density at radius 1 is 0.865 bits per heavy atom. The van der Waals surface area contributed by atoms with Crippen LogP contribution in [0.4, 0.5) is 10.1 Å². The monoisotopic (exact) mass is 493 g/mol. The third-order valence-corrected chi connectivity index (χ3v) is 7.82. The summed E-state index contributed by atoms with van der Waals surface area (Å²) in [5, 5.41) is 13.5. The number of nitrogens with zero attached hydrogens (tertiary/aromatic N) is 5. The van der Waals surface area contributed by atoms with E-state index < -0.39 is 5.92 Å². The summed E-state index contributed by atoms with van der Waals surface area (Å²) in [6, 6.07) is 14.4. The van der Waals surface area contributed by atoms with Gasteiger partial charge in [-0.15, -0.1) is 5.10 Å². The Morgan fingerprint density at radius 3 is 2.22 bits per heavy atom. The number of rotatable bonds is 2. The molecule has 0 fully saturated rings. The Hall–Kier alpha value is -4.20. The molecule has 0 unspecified atom stereocenters. The lowest BCUT2D eigenvalue weighted by molar-refractivity contribution is -0.116. The number of anilines is 1. The predicted octanol–water partition coefficient (Wildman–Crippen LogP) is 5.34. The molecule has 0 radical (unpaired) electrons. The Kier molecular flexibility index (Phi) is 4.86. The zero-order chi connectivity index (χ0) is 25.3. The molecule has 0 N–H and O–H groups in total. The number of pyridine rings is 1. The highest BCUT2D eigenvalue weighted by Gasteiger charge is 2.44. The number of aryl methyl sites for hydroxylation is 1. The molecule has 37 heavy (non-hydrogen) atoms. The standard InChI is InChI=1S/C29H24FN5O2/c1-16-8-13-21-17(14-16)15-20(29-31-32-33-35(21)29)26-27-22(4-2-6-24(27)36)34(19-11-9-18(30)10-12-19)23-5-3-7-25(37)28(23)26/h8-15,26H,2-7H2,1H3. The average Bonchev–Trinajstić information content (AvgIpc) is 3.38. The lowest BCUT2D eigenvalue weighted by Gasteiger charge is -2.43. The summed E-state index contributed by atoms with van der Waals surface area (Å²) in [6.45, 7) is 2.03. The van der Waals surface area contributed by atoms with E-state index in [2.05, 4.69) is 26.5 Å². The summed E-state index contributed by atoms with van der Waals surface area (Å²) < 4.78 is 15.5. The zero-order valence-corrected chi connectivity index (χ0v) is 20.4. The molecule has 0 spiro atoms. The van der Waals surface area contributed by atoms with Gasteiger partial charge in [-0.25, -0.2) is 4.39 Å². The van der Waals surface area contributed by atoms with Crippen LogP contribution in [0.25, 0.3) is 16.6 Å². The minimum atomic E-state index is -0.541. The first-order valence-electron chi connectivity index (χ1n) is 12.7. The van der Waals surface area contributed by atoms with Gasteiger partial charge in [0, 0.05) is 57.9 Å². The molecule has 184 valence electrons. The van der Waals surface area contributed by atoms with Crippen molar-refractivity contribution in [3.63, 3.8) is 0 Å². The summed E-state index contributed by atoms with van der Waals surface area (Å²) in [4.78, 5) is 29.4. The maximum atomic E-state index is 13.8. The Balaban J connectivity index is 1.56. The molecule has 0 saturated carbocycles. The number of hydrogen-bond donors (Lipinski definition) is 0. The third-order valence-electron chi connectivity index (χ3n) is 7.82. The molecule has 3 heterocycles. The summed E-state index contributed by atoms with van der Waals surface area (Å²) >= 11 is 0. The maximum Gasteiger partial charge on any atom is 0.184 e. The van der Waals surface area contributed by atoms with Gasteiger partial charge in [0.2, 0.25) is 0 Å². The second-order valence-electron chi connectivity index (χ2n) is 10.1. The van der Waals surface area contributed by atoms with Crippen molar-refractivity contribution in [3.05, 3.63) is 88.0 Å². The maximum absolute atomic E-state index is 13.8. The number of tetrazole rings is 1. The minimum Gasteiger partial charge on any atom is -0.317 e. The first-order valence-corrected chi connectivity index (χ1v) is 12.7. The minimum absolute atomic E-state index is 0.0400. The zero-order valence-electron chi connectivity index (χ0n) is 20.4. The number of Topliss-reactive ketones (excluding diaryl/α,β-unsaturated/α-hetero) is 2. The highest BCUT2D eigenvalue weighted by Crippen LogP contribution is 2.51. The van der Waals surface area contributed by atoms with Crippen LogP contribution >= 0.6 is 0 Å². The Labute approximate surface area is 212 Å². The molecule has 7 nitrogen and oxygen atoms in total. The highest BCUT2D eigenvalue weighted by atomic mass is 19.1. The summed E-state index contributed by atoms with van der Waals surface area (Å²) in [5.74, 6) is -0.785. The van der Waals surface area contributed by atoms with E-state index in [1.807, 2.05) is 25.1 Å². The molecule has 0 atom stereocenters. The fraction of sp³-hybridized carbons (Fsp3) is 0.276. The summed E-state index contributed by atoms with van der Waals surface area (Å²) in [5.41, 5.74) is 7.13. The topological polar surface area (TPSA) is 80.5 Å². The molecule has 1 aliphatic heterocycles. The van der Waals surface area contributed by atoms with E-state index in [9.17, 15) is 14.0 Å². The number of ketones is 2. The van der Waals surface area contributed by atoms with E-state index in [4.69, 9.17) is 0 Å². The smallest absolute Gasteiger partial charge is 0.184 e. The van der Waals surface area contributed by atoms with Crippen molar-refractivity contribution >= 4 is 33.8 Å². The first-order chi connectivity index (χ1) is 18.0. The van der Waals surface area contributed by atoms with Crippen molar-refractivity contribution in [2.24, 2.45) is 0 Å². The van der Waals surface area contributed by atoms with Gasteiger partial charge < -0.3 is 4.90 Å². The van der Waals surface area contributed by atoms with Gasteiger partial charge >= 0.3 is 0 Å². The van der Waals surface area contributed by atoms with Crippen molar-refractivity contribution < 1.29 is 14.0 Å². The highest BCUT2D eigenvalue weighted by molar-refractivity contribution is 6.08. The van der Waals surface area contributed by atoms with E-state index >= 15 is 0 Å². The van der Waals surface area contributed by atoms with Crippen LogP contribution in [0.1, 0.15) is 55.6 Å². The molecule has 4 aromatic rings. The number of carbonyl (C=O) groups is 2. The second-order valence-corrected chi connectivity index (χ2v) is 10.1. The molecule has 2 aromatic carbocycles. The lowest BCUT2D eigenvalue weighted by Crippen LogP contribution is -2.39. The fourth-order valence-corrected chi connectivity index (χ4v) is 6.29. The fourth-order valence-electron chi connectivity index (χ4n) is 6.29. The summed E-state index contributed by atoms with van der Waals surface area (Å²) in [7, 11) is 0. The van der Waals surface area contributed by atoms with Crippen molar-refractivity contribution in [2.45, 2.75) is 51.4 Å². The van der Waals surface area contributed by atoms with E-state index in [1.165, 1.54) is 12.1 Å². The van der Waals surface area contributed by atoms with Gasteiger partial charge in [-0.2, -0.15) is 4.52 Å². The SMILES string of the molecule is Cc1ccc2c(c1)cc(C1C3=C(CCCC3=O)N(c3ccc(F)cc3)C3=C1C(=O)CCC3)c1nnnn12. The third kappa shape index (κ3) is 3.28. The number of hydrogen-bond acceptors (Lipinski definition) is 6. The van der Waals surface area contributed by atoms with E-state index in [-0.39, 0.29) is 17.4 Å². The van der Waals surface area contributed by atoms with Gasteiger partial charge in [0.05, 0.1) is 5.52 Å². The number of fused-ring (bicyclic) bond motifs is 3. The normalized spacial score (nSPS) is 18.7. The molecular weight excluding hydrogens is 469 g/mol. The van der Waals surface area contributed by atoms with E-state index in [1.54, 1.807) is 16.6 Å². The molecule has 2 aromatic heterocycles. The van der Waals surface area contributed by atoms with E-state index in [0.717, 1.165) is 52.0 Å². The Bertz CT molecular complexity index is 1650. The molecule has 0 saturated heterocycles. The van der Waals surface area contributed by atoms with Gasteiger partial charge in [0.15, 0.2) is 17.2 Å². The van der Waals surface area contributed by atoms with Crippen LogP contribution in [0.15, 0.2) is 71.1 Å². The molecule has 0 bridgehead atoms. The first kappa shape index (κ1) is 22.0. The van der Waals surface area contributed by atoms with Crippen LogP contribution < -0.4 is 4.90 Å². The number of allylic oxidation sites excluding steroid dienone is 4. The molecule has 8 heteroatoms. The quantitative estimate of drug-likeness (QED) is 0.375. The van der Waals surface area contributed by atoms with Crippen LogP contribution in [0, 0.1) is 12.7 Å². The van der Waals surface area contributed by atoms with Crippen LogP contribution in [0.2, 0.25) is 0 Å². The Morgan fingerprint density at radius 2 is 1.54 bits per heavy atom. The molecule has 2 aliphatic carbocycles. The number of benzene rings is 2. The molecule has 0 amide bonds. The van der Waals surface area contributed by atoms with Gasteiger partial charge in [0.25, 0.3) is 0 Å². The van der Waals surface area contributed by atoms with Crippen LogP contribution in [-0.4, -0.2) is 31.6 Å².